The zero-order chi connectivity index (χ0) is 17.2. The van der Waals surface area contributed by atoms with Gasteiger partial charge in [-0.25, -0.2) is 4.98 Å². The first-order valence-corrected chi connectivity index (χ1v) is 7.44. The molecule has 0 bridgehead atoms. The van der Waals surface area contributed by atoms with E-state index in [0.717, 1.165) is 12.1 Å². The average Bonchev–Trinajstić information content (AvgIpc) is 2.95. The Kier molecular flexibility index (Phi) is 4.90. The van der Waals surface area contributed by atoms with Crippen molar-refractivity contribution in [2.24, 2.45) is 5.73 Å². The highest BCUT2D eigenvalue weighted by molar-refractivity contribution is 7.09. The molecule has 0 atom stereocenters. The van der Waals surface area contributed by atoms with Gasteiger partial charge in [-0.2, -0.15) is 13.2 Å². The summed E-state index contributed by atoms with van der Waals surface area (Å²) in [5, 5.41) is 4.57. The van der Waals surface area contributed by atoms with Gasteiger partial charge in [0.05, 0.1) is 16.9 Å². The number of hydrogen-bond donors (Lipinski definition) is 2. The molecule has 0 radical (unpaired) electrons. The molecule has 0 spiro atoms. The minimum atomic E-state index is -4.49. The second-order valence-electron chi connectivity index (χ2n) is 4.91. The van der Waals surface area contributed by atoms with E-state index < -0.39 is 17.6 Å². The summed E-state index contributed by atoms with van der Waals surface area (Å²) in [5.74, 6) is -0.580. The van der Waals surface area contributed by atoms with E-state index in [1.54, 1.807) is 19.0 Å². The van der Waals surface area contributed by atoms with E-state index in [9.17, 15) is 18.0 Å². The van der Waals surface area contributed by atoms with Gasteiger partial charge in [0.15, 0.2) is 0 Å². The van der Waals surface area contributed by atoms with Crippen molar-refractivity contribution in [3.63, 3.8) is 0 Å². The number of carbonyl (C=O) groups excluding carboxylic acids is 1. The number of hydrogen-bond acceptors (Lipinski definition) is 5. The number of alkyl halides is 3. The fraction of sp³-hybridized carbons (Fsp3) is 0.286. The molecule has 0 unspecified atom stereocenters. The van der Waals surface area contributed by atoms with Crippen LogP contribution in [0.4, 0.5) is 24.5 Å². The molecule has 0 saturated heterocycles. The molecule has 0 aliphatic carbocycles. The van der Waals surface area contributed by atoms with Gasteiger partial charge in [0.2, 0.25) is 0 Å². The molecule has 0 aliphatic heterocycles. The minimum Gasteiger partial charge on any atom is -0.376 e. The van der Waals surface area contributed by atoms with Crippen LogP contribution < -0.4 is 16.0 Å². The Balaban J connectivity index is 2.34. The number of amides is 1. The number of rotatable bonds is 4. The Hall–Kier alpha value is -2.13. The first-order valence-electron chi connectivity index (χ1n) is 6.56. The quantitative estimate of drug-likeness (QED) is 0.895. The normalized spacial score (nSPS) is 11.4. The molecular weight excluding hydrogens is 329 g/mol. The Morgan fingerprint density at radius 1 is 1.39 bits per heavy atom. The topological polar surface area (TPSA) is 71.2 Å². The summed E-state index contributed by atoms with van der Waals surface area (Å²) in [6.07, 6.45) is -4.49. The molecule has 0 aliphatic rings. The summed E-state index contributed by atoms with van der Waals surface area (Å²) in [6, 6.07) is 3.19. The van der Waals surface area contributed by atoms with E-state index >= 15 is 0 Å². The van der Waals surface area contributed by atoms with Crippen molar-refractivity contribution in [1.82, 2.24) is 4.98 Å². The smallest absolute Gasteiger partial charge is 0.376 e. The first kappa shape index (κ1) is 17.2. The molecule has 1 amide bonds. The zero-order valence-corrected chi connectivity index (χ0v) is 13.3. The third kappa shape index (κ3) is 3.99. The van der Waals surface area contributed by atoms with Crippen molar-refractivity contribution in [2.45, 2.75) is 12.7 Å². The van der Waals surface area contributed by atoms with Crippen LogP contribution in [-0.4, -0.2) is 25.0 Å². The van der Waals surface area contributed by atoms with Crippen molar-refractivity contribution in [1.29, 1.82) is 0 Å². The van der Waals surface area contributed by atoms with Crippen molar-refractivity contribution < 1.29 is 18.0 Å². The van der Waals surface area contributed by atoms with Crippen LogP contribution in [-0.2, 0) is 12.7 Å². The predicted molar refractivity (Wildman–Crippen MR) is 83.7 cm³/mol. The van der Waals surface area contributed by atoms with Gasteiger partial charge in [-0.05, 0) is 18.2 Å². The van der Waals surface area contributed by atoms with Crippen molar-refractivity contribution in [3.8, 4) is 0 Å². The molecule has 9 heteroatoms. The van der Waals surface area contributed by atoms with E-state index in [1.165, 1.54) is 22.8 Å². The molecule has 5 nitrogen and oxygen atoms in total. The zero-order valence-electron chi connectivity index (χ0n) is 12.4. The van der Waals surface area contributed by atoms with Gasteiger partial charge in [0.1, 0.15) is 10.7 Å². The molecule has 0 fully saturated rings. The van der Waals surface area contributed by atoms with E-state index in [2.05, 4.69) is 10.3 Å². The van der Waals surface area contributed by atoms with Crippen LogP contribution in [0.3, 0.4) is 0 Å². The molecule has 3 N–H and O–H groups in total. The number of carbonyl (C=O) groups is 1. The number of aromatic nitrogens is 1. The second kappa shape index (κ2) is 6.55. The highest BCUT2D eigenvalue weighted by atomic mass is 32.1. The van der Waals surface area contributed by atoms with Crippen LogP contribution in [0.25, 0.3) is 0 Å². The van der Waals surface area contributed by atoms with Gasteiger partial charge < -0.3 is 16.0 Å². The molecule has 124 valence electrons. The minimum absolute atomic E-state index is 0.0668. The molecule has 1 aromatic carbocycles. The Morgan fingerprint density at radius 3 is 2.61 bits per heavy atom. The molecule has 2 aromatic rings. The third-order valence-corrected chi connectivity index (χ3v) is 3.88. The summed E-state index contributed by atoms with van der Waals surface area (Å²) in [6.45, 7) is 0.199. The highest BCUT2D eigenvalue weighted by Crippen LogP contribution is 2.35. The summed E-state index contributed by atoms with van der Waals surface area (Å²) in [7, 11) is 3.35. The first-order chi connectivity index (χ1) is 10.7. The summed E-state index contributed by atoms with van der Waals surface area (Å²) >= 11 is 1.22. The van der Waals surface area contributed by atoms with Gasteiger partial charge in [0, 0.05) is 26.0 Å². The summed E-state index contributed by atoms with van der Waals surface area (Å²) in [5.41, 5.74) is 5.25. The van der Waals surface area contributed by atoms with Crippen LogP contribution in [0.1, 0.15) is 21.1 Å². The number of nitrogens with two attached hydrogens (primary N) is 1. The lowest BCUT2D eigenvalue weighted by Gasteiger charge is -2.19. The monoisotopic (exact) mass is 344 g/mol. The number of anilines is 2. The van der Waals surface area contributed by atoms with Crippen LogP contribution >= 0.6 is 11.3 Å². The SMILES string of the molecule is CN(C)c1ccc(C(F)(F)F)cc1NC(=O)c1csc(CN)n1. The fourth-order valence-electron chi connectivity index (χ4n) is 1.90. The van der Waals surface area contributed by atoms with Crippen LogP contribution in [0.5, 0.6) is 0 Å². The third-order valence-electron chi connectivity index (χ3n) is 3.01. The number of nitrogens with zero attached hydrogens (tertiary/aromatic N) is 2. The van der Waals surface area contributed by atoms with Crippen molar-refractivity contribution in [2.75, 3.05) is 24.3 Å². The molecule has 1 heterocycles. The number of benzene rings is 1. The molecule has 1 aromatic heterocycles. The largest absolute Gasteiger partial charge is 0.416 e. The number of halogens is 3. The highest BCUT2D eigenvalue weighted by Gasteiger charge is 2.31. The second-order valence-corrected chi connectivity index (χ2v) is 5.85. The average molecular weight is 344 g/mol. The lowest BCUT2D eigenvalue weighted by molar-refractivity contribution is -0.137. The standard InChI is InChI=1S/C14H15F3N4OS/c1-21(2)11-4-3-8(14(15,16)17)5-9(11)20-13(22)10-7-23-12(6-18)19-10/h3-5,7H,6,18H2,1-2H3,(H,20,22). The van der Waals surface area contributed by atoms with Crippen LogP contribution in [0.15, 0.2) is 23.6 Å². The maximum Gasteiger partial charge on any atom is 0.416 e. The Labute approximate surface area is 134 Å². The van der Waals surface area contributed by atoms with Crippen LogP contribution in [0.2, 0.25) is 0 Å². The van der Waals surface area contributed by atoms with Gasteiger partial charge in [0.25, 0.3) is 5.91 Å². The van der Waals surface area contributed by atoms with Crippen molar-refractivity contribution in [3.05, 3.63) is 39.8 Å². The molecule has 23 heavy (non-hydrogen) atoms. The van der Waals surface area contributed by atoms with Crippen molar-refractivity contribution >= 4 is 28.6 Å². The number of thiazole rings is 1. The van der Waals surface area contributed by atoms with E-state index in [-0.39, 0.29) is 17.9 Å². The molecular formula is C14H15F3N4OS. The Bertz CT molecular complexity index is 712. The van der Waals surface area contributed by atoms with E-state index in [0.29, 0.717) is 10.7 Å². The summed E-state index contributed by atoms with van der Waals surface area (Å²) in [4.78, 5) is 17.8. The predicted octanol–water partition coefficient (Wildman–Crippen LogP) is 2.94. The fourth-order valence-corrected chi connectivity index (χ4v) is 2.55. The molecule has 0 saturated carbocycles. The lowest BCUT2D eigenvalue weighted by Crippen LogP contribution is -2.18. The van der Waals surface area contributed by atoms with Gasteiger partial charge in [-0.1, -0.05) is 0 Å². The maximum absolute atomic E-state index is 12.9. The van der Waals surface area contributed by atoms with Gasteiger partial charge in [-0.15, -0.1) is 11.3 Å². The van der Waals surface area contributed by atoms with Gasteiger partial charge in [-0.3, -0.25) is 4.79 Å². The number of nitrogens with one attached hydrogen (secondary N) is 1. The molecule has 2 rings (SSSR count). The maximum atomic E-state index is 12.9. The lowest BCUT2D eigenvalue weighted by atomic mass is 10.1. The van der Waals surface area contributed by atoms with Gasteiger partial charge >= 0.3 is 6.18 Å². The Morgan fingerprint density at radius 2 is 2.09 bits per heavy atom. The van der Waals surface area contributed by atoms with E-state index in [1.807, 2.05) is 0 Å². The van der Waals surface area contributed by atoms with E-state index in [4.69, 9.17) is 5.73 Å². The summed E-state index contributed by atoms with van der Waals surface area (Å²) < 4.78 is 38.6. The van der Waals surface area contributed by atoms with Crippen LogP contribution in [0, 0.1) is 0 Å².